The number of methoxy groups -OCH3 is 1. The van der Waals surface area contributed by atoms with Crippen LogP contribution in [0.25, 0.3) is 84.8 Å². The van der Waals surface area contributed by atoms with Crippen LogP contribution in [-0.4, -0.2) is 75.8 Å². The van der Waals surface area contributed by atoms with Crippen LogP contribution in [0.2, 0.25) is 0 Å². The number of ether oxygens (including phenoxy) is 1. The second-order valence-corrected chi connectivity index (χ2v) is 35.7. The fourth-order valence-corrected chi connectivity index (χ4v) is 18.3. The molecular formula is C102H93N9O7S5. The lowest BCUT2D eigenvalue weighted by molar-refractivity contribution is 0.199. The van der Waals surface area contributed by atoms with Crippen molar-refractivity contribution in [2.75, 3.05) is 12.4 Å². The number of thiophene rings is 4. The highest BCUT2D eigenvalue weighted by atomic mass is 32.2. The van der Waals surface area contributed by atoms with Gasteiger partial charge in [0.2, 0.25) is 5.95 Å². The highest BCUT2D eigenvalue weighted by Crippen LogP contribution is 2.35. The molecule has 618 valence electrons. The summed E-state index contributed by atoms with van der Waals surface area (Å²) in [6.07, 6.45) is 21.5. The number of aliphatic hydroxyl groups is 4. The Balaban J connectivity index is 0.000000141. The molecule has 16 nitrogen and oxygen atoms in total. The predicted octanol–water partition coefficient (Wildman–Crippen LogP) is 24.0. The van der Waals surface area contributed by atoms with Crippen molar-refractivity contribution >= 4 is 109 Å². The van der Waals surface area contributed by atoms with Gasteiger partial charge < -0.3 is 30.5 Å². The van der Waals surface area contributed by atoms with E-state index >= 15 is 0 Å². The lowest BCUT2D eigenvalue weighted by Crippen LogP contribution is -2.02. The second kappa shape index (κ2) is 43.1. The van der Waals surface area contributed by atoms with Gasteiger partial charge in [-0.15, -0.1) is 45.3 Å². The minimum atomic E-state index is -3.44. The molecule has 0 aliphatic rings. The van der Waals surface area contributed by atoms with Crippen molar-refractivity contribution in [1.82, 2.24) is 39.9 Å². The van der Waals surface area contributed by atoms with Crippen LogP contribution in [0.3, 0.4) is 0 Å². The zero-order chi connectivity index (χ0) is 86.0. The van der Waals surface area contributed by atoms with Crippen LogP contribution >= 0.6 is 45.3 Å². The number of sulfone groups is 1. The molecule has 8 heterocycles. The van der Waals surface area contributed by atoms with E-state index in [1.54, 1.807) is 105 Å². The van der Waals surface area contributed by atoms with E-state index in [1.807, 2.05) is 188 Å². The van der Waals surface area contributed by atoms with Gasteiger partial charge in [-0.05, 0) is 223 Å². The van der Waals surface area contributed by atoms with Gasteiger partial charge >= 0.3 is 0 Å². The largest absolute Gasteiger partial charge is 0.497 e. The molecule has 5 N–H and O–H groups in total. The minimum absolute atomic E-state index is 0.0377. The minimum Gasteiger partial charge on any atom is -0.497 e. The first-order valence-corrected chi connectivity index (χ1v) is 44.9. The molecule has 21 heteroatoms. The van der Waals surface area contributed by atoms with Gasteiger partial charge in [0.1, 0.15) is 27.4 Å². The maximum Gasteiger partial charge on any atom is 0.227 e. The quantitative estimate of drug-likeness (QED) is 0.0322. The summed E-state index contributed by atoms with van der Waals surface area (Å²) in [5.74, 6) is 3.52. The van der Waals surface area contributed by atoms with Gasteiger partial charge in [-0.25, -0.2) is 48.3 Å². The molecule has 0 radical (unpaired) electrons. The summed E-state index contributed by atoms with van der Waals surface area (Å²) >= 11 is 6.32. The van der Waals surface area contributed by atoms with Crippen molar-refractivity contribution in [2.45, 2.75) is 88.3 Å². The molecule has 0 saturated carbocycles. The smallest absolute Gasteiger partial charge is 0.227 e. The molecule has 0 aliphatic heterocycles. The van der Waals surface area contributed by atoms with E-state index in [-0.39, 0.29) is 5.75 Å². The molecule has 0 fully saturated rings. The molecule has 8 aromatic carbocycles. The van der Waals surface area contributed by atoms with E-state index < -0.39 is 34.3 Å². The highest BCUT2D eigenvalue weighted by Gasteiger charge is 2.20. The average molecular weight is 1720 g/mol. The predicted molar refractivity (Wildman–Crippen MR) is 506 cm³/mol. The first-order chi connectivity index (χ1) is 59.7. The molecule has 123 heavy (non-hydrogen) atoms. The molecule has 16 aromatic rings. The first kappa shape index (κ1) is 88.0. The standard InChI is InChI=1S/C27H24N2OS.C26H24N2O2S.C26H24N2OS.C23H21N3O3S2/c1-3-20-6-4-7-21(16-20)10-11-24-12-13-26(31-24)25-14-15-28-27(29-25)18-22-8-5-9-23(17-22)19(2)30;1-18(29)21-7-3-6-20(15-21)17-26-27-14-13-24(28-26)25-12-11-23(31-25)10-9-19-5-4-8-22(16-19)30-2;1-18-5-3-6-20(15-18)9-10-23-11-12-25(30-23)24-13-14-27-26(28-24)17-21-7-4-8-22(16-21)19(2)29;1-16(27)18-8-5-9-19(14-18)25-23-24-13-12-20(26-23)21-10-11-22(30-21)31(28,29)15-17-6-3-2-4-7-17/h3-17,19,30H,1,18H2,2H3;3-16,18,29H,17H2,1-2H3;3-16,19,29H,17H2,1-2H3;2-14,16,27H,15H2,1H3,(H,24,25,26)/b11-10+;2*10-9+;. The van der Waals surface area contributed by atoms with Crippen LogP contribution in [0.15, 0.2) is 309 Å². The summed E-state index contributed by atoms with van der Waals surface area (Å²) in [7, 11) is -1.76. The van der Waals surface area contributed by atoms with E-state index in [0.29, 0.717) is 35.1 Å². The van der Waals surface area contributed by atoms with Crippen LogP contribution in [0.4, 0.5) is 11.6 Å². The van der Waals surface area contributed by atoms with E-state index in [9.17, 15) is 28.8 Å². The molecule has 0 amide bonds. The summed E-state index contributed by atoms with van der Waals surface area (Å²) < 4.78 is 31.2. The van der Waals surface area contributed by atoms with Crippen molar-refractivity contribution in [2.24, 2.45) is 0 Å². The summed E-state index contributed by atoms with van der Waals surface area (Å²) in [5.41, 5.74) is 17.5. The zero-order valence-corrected chi connectivity index (χ0v) is 72.9. The summed E-state index contributed by atoms with van der Waals surface area (Å²) in [6.45, 7) is 13.0. The molecule has 4 unspecified atom stereocenters. The number of aromatic nitrogens is 8. The number of anilines is 2. The molecule has 8 aromatic heterocycles. The second-order valence-electron chi connectivity index (χ2n) is 29.1. The number of aliphatic hydroxyl groups excluding tert-OH is 4. The van der Waals surface area contributed by atoms with Gasteiger partial charge in [0.15, 0.2) is 9.84 Å². The molecule has 0 bridgehead atoms. The van der Waals surface area contributed by atoms with Crippen LogP contribution in [-0.2, 0) is 34.9 Å². The zero-order valence-electron chi connectivity index (χ0n) is 68.8. The van der Waals surface area contributed by atoms with E-state index in [1.165, 1.54) is 32.2 Å². The molecule has 16 rings (SSSR count). The maximum atomic E-state index is 12.8. The van der Waals surface area contributed by atoms with Gasteiger partial charge in [-0.3, -0.25) is 0 Å². The third kappa shape index (κ3) is 26.1. The summed E-state index contributed by atoms with van der Waals surface area (Å²) in [4.78, 5) is 44.0. The Bertz CT molecular complexity index is 6430. The lowest BCUT2D eigenvalue weighted by atomic mass is 10.0. The van der Waals surface area contributed by atoms with Gasteiger partial charge in [0.25, 0.3) is 0 Å². The fraction of sp³-hybridized carbons (Fsp3) is 0.137. The Labute approximate surface area is 734 Å². The SMILES string of the molecule is C=Cc1cccc(/C=C/c2ccc(-c3ccnc(Cc4cccc(C(C)O)c4)n3)s2)c1.CC(O)c1cccc(Nc2nccc(-c3ccc(S(=O)(=O)Cc4ccccc4)s3)n2)c1.COc1cccc(/C=C/c2ccc(-c3ccnc(Cc4cccc(C(C)O)c4)n3)s2)c1.Cc1cccc(/C=C/c2ccc(-c3ccnc(Cc4cccc(C(C)O)c4)n3)s2)c1. The van der Waals surface area contributed by atoms with Crippen molar-refractivity contribution in [3.8, 4) is 48.0 Å². The Morgan fingerprint density at radius 1 is 0.382 bits per heavy atom. The first-order valence-electron chi connectivity index (χ1n) is 40.0. The Hall–Kier alpha value is -12.8. The number of hydrogen-bond donors (Lipinski definition) is 5. The third-order valence-electron chi connectivity index (χ3n) is 19.4. The lowest BCUT2D eigenvalue weighted by Gasteiger charge is -2.09. The number of benzene rings is 8. The monoisotopic (exact) mass is 1720 g/mol. The molecule has 4 atom stereocenters. The van der Waals surface area contributed by atoms with Crippen LogP contribution in [0, 0.1) is 6.92 Å². The van der Waals surface area contributed by atoms with Crippen molar-refractivity contribution < 1.29 is 33.6 Å². The Kier molecular flexibility index (Phi) is 30.9. The summed E-state index contributed by atoms with van der Waals surface area (Å²) in [6, 6.07) is 88.7. The number of aryl methyl sites for hydroxylation is 1. The van der Waals surface area contributed by atoms with E-state index in [2.05, 4.69) is 159 Å². The molecule has 0 spiro atoms. The third-order valence-corrected chi connectivity index (χ3v) is 26.0. The Morgan fingerprint density at radius 2 is 0.772 bits per heavy atom. The Morgan fingerprint density at radius 3 is 1.24 bits per heavy atom. The maximum absolute atomic E-state index is 12.8. The van der Waals surface area contributed by atoms with Crippen LogP contribution < -0.4 is 10.1 Å². The van der Waals surface area contributed by atoms with Gasteiger partial charge in [-0.2, -0.15) is 0 Å². The molecular weight excluding hydrogens is 1620 g/mol. The highest BCUT2D eigenvalue weighted by molar-refractivity contribution is 7.92. The van der Waals surface area contributed by atoms with E-state index in [0.717, 1.165) is 132 Å². The summed E-state index contributed by atoms with van der Waals surface area (Å²) in [5, 5.41) is 42.3. The van der Waals surface area contributed by atoms with Gasteiger partial charge in [-0.1, -0.05) is 206 Å². The average Bonchev–Trinajstić information content (AvgIpc) is 1.68. The number of rotatable bonds is 27. The van der Waals surface area contributed by atoms with Crippen molar-refractivity contribution in [3.63, 3.8) is 0 Å². The van der Waals surface area contributed by atoms with Crippen LogP contribution in [0.1, 0.15) is 157 Å². The molecule has 0 saturated heterocycles. The number of hydrogen-bond acceptors (Lipinski definition) is 20. The number of nitrogens with zero attached hydrogens (tertiary/aromatic N) is 8. The van der Waals surface area contributed by atoms with Gasteiger partial charge in [0, 0.05) is 64.4 Å². The number of nitrogens with one attached hydrogen (secondary N) is 1. The van der Waals surface area contributed by atoms with Gasteiger partial charge in [0.05, 0.1) is 79.6 Å². The van der Waals surface area contributed by atoms with Crippen LogP contribution in [0.5, 0.6) is 5.75 Å². The fourth-order valence-electron chi connectivity index (χ4n) is 12.9. The van der Waals surface area contributed by atoms with Crippen molar-refractivity contribution in [1.29, 1.82) is 0 Å². The van der Waals surface area contributed by atoms with E-state index in [4.69, 9.17) is 19.7 Å². The topological polar surface area (TPSA) is 239 Å². The normalized spacial score (nSPS) is 12.3. The molecule has 0 aliphatic carbocycles. The van der Waals surface area contributed by atoms with Crippen molar-refractivity contribution in [3.05, 3.63) is 409 Å².